The van der Waals surface area contributed by atoms with Crippen molar-refractivity contribution in [1.29, 1.82) is 0 Å². The van der Waals surface area contributed by atoms with E-state index in [4.69, 9.17) is 11.6 Å². The Morgan fingerprint density at radius 2 is 1.24 bits per heavy atom. The highest BCUT2D eigenvalue weighted by molar-refractivity contribution is 6.31. The van der Waals surface area contributed by atoms with Crippen LogP contribution in [0.2, 0.25) is 5.02 Å². The van der Waals surface area contributed by atoms with Crippen LogP contribution in [0.4, 0.5) is 61.5 Å². The number of aliphatic hydroxyl groups is 1. The molecule has 0 saturated heterocycles. The minimum Gasteiger partial charge on any atom is -0.507 e. The predicted octanol–water partition coefficient (Wildman–Crippen LogP) is 6.93. The molecule has 0 bridgehead atoms. The summed E-state index contributed by atoms with van der Waals surface area (Å²) >= 11 is 5.21. The molecule has 0 spiro atoms. The van der Waals surface area contributed by atoms with Crippen molar-refractivity contribution in [3.05, 3.63) is 40.4 Å². The molecule has 0 aromatic heterocycles. The number of hydrogen-bond donors (Lipinski definition) is 1. The number of alkyl halides is 14. The smallest absolute Gasteiger partial charge is 0.417 e. The van der Waals surface area contributed by atoms with Gasteiger partial charge < -0.3 is 5.11 Å². The maximum Gasteiger partial charge on any atom is 0.417 e. The van der Waals surface area contributed by atoms with Gasteiger partial charge in [0.2, 0.25) is 0 Å². The Kier molecular flexibility index (Phi) is 5.82. The molecule has 186 valence electrons. The van der Waals surface area contributed by atoms with E-state index in [-0.39, 0.29) is 6.07 Å². The molecule has 0 heterocycles. The minimum atomic E-state index is -7.48. The Morgan fingerprint density at radius 3 is 1.61 bits per heavy atom. The second-order valence-corrected chi connectivity index (χ2v) is 7.04. The van der Waals surface area contributed by atoms with Crippen LogP contribution in [0.3, 0.4) is 0 Å². The molecule has 2 rings (SSSR count). The van der Waals surface area contributed by atoms with E-state index < -0.39 is 75.2 Å². The Morgan fingerprint density at radius 1 is 0.818 bits per heavy atom. The lowest BCUT2D eigenvalue weighted by Gasteiger charge is -2.37. The molecule has 1 aliphatic carbocycles. The first-order valence-electron chi connectivity index (χ1n) is 7.83. The first-order chi connectivity index (χ1) is 14.4. The van der Waals surface area contributed by atoms with E-state index in [9.17, 15) is 71.4 Å². The zero-order valence-electron chi connectivity index (χ0n) is 14.8. The van der Waals surface area contributed by atoms with E-state index in [0.717, 1.165) is 0 Å². The molecule has 1 aromatic rings. The second-order valence-electron chi connectivity index (χ2n) is 6.63. The summed E-state index contributed by atoms with van der Waals surface area (Å²) in [6.07, 6.45) is -14.0. The lowest BCUT2D eigenvalue weighted by atomic mass is 9.74. The third-order valence-electron chi connectivity index (χ3n) is 4.76. The van der Waals surface area contributed by atoms with E-state index in [2.05, 4.69) is 0 Å². The van der Waals surface area contributed by atoms with Crippen LogP contribution in [-0.2, 0) is 11.0 Å². The molecule has 2 nitrogen and oxygen atoms in total. The van der Waals surface area contributed by atoms with Gasteiger partial charge in [-0.05, 0) is 18.2 Å². The standard InChI is InChI=1S/C16H5ClF14O2/c17-7-2-1-5(3-6(7)11(18,19)20)8(32)4-9(33)10(16(29,30)31)12(21,22)14(25,26)15(27,28)13(10,23)24/h1-4,32H/b8-4-. The van der Waals surface area contributed by atoms with Gasteiger partial charge in [0.05, 0.1) is 10.6 Å². The largest absolute Gasteiger partial charge is 0.507 e. The van der Waals surface area contributed by atoms with Crippen LogP contribution in [0.1, 0.15) is 11.1 Å². The minimum absolute atomic E-state index is 0.171. The molecule has 0 amide bonds. The number of benzene rings is 1. The highest BCUT2D eigenvalue weighted by Crippen LogP contribution is 2.75. The SMILES string of the molecule is O=C(/C=C(\O)c1ccc(Cl)c(C(F)(F)F)c1)C1(C(F)(F)F)C(F)(F)C(F)(F)C(F)(F)C1(F)F. The molecule has 0 atom stereocenters. The van der Waals surface area contributed by atoms with Crippen LogP contribution >= 0.6 is 11.6 Å². The molecule has 1 aromatic carbocycles. The van der Waals surface area contributed by atoms with Crippen LogP contribution in [0.15, 0.2) is 24.3 Å². The Balaban J connectivity index is 2.82. The van der Waals surface area contributed by atoms with Crippen molar-refractivity contribution in [2.24, 2.45) is 5.41 Å². The van der Waals surface area contributed by atoms with Crippen molar-refractivity contribution >= 4 is 23.1 Å². The fraction of sp³-hybridized carbons (Fsp3) is 0.438. The Labute approximate surface area is 177 Å². The fourth-order valence-electron chi connectivity index (χ4n) is 3.09. The maximum absolute atomic E-state index is 14.0. The summed E-state index contributed by atoms with van der Waals surface area (Å²) in [5, 5.41) is 8.53. The summed E-state index contributed by atoms with van der Waals surface area (Å²) in [7, 11) is 0. The summed E-state index contributed by atoms with van der Waals surface area (Å²) in [5.41, 5.74) is -10.2. The molecule has 17 heteroatoms. The number of halogens is 15. The molecule has 1 N–H and O–H groups in total. The molecule has 0 aliphatic heterocycles. The zero-order chi connectivity index (χ0) is 26.2. The number of hydrogen-bond acceptors (Lipinski definition) is 2. The molecule has 33 heavy (non-hydrogen) atoms. The van der Waals surface area contributed by atoms with E-state index >= 15 is 0 Å². The van der Waals surface area contributed by atoms with E-state index in [1.54, 1.807) is 0 Å². The van der Waals surface area contributed by atoms with E-state index in [1.165, 1.54) is 0 Å². The van der Waals surface area contributed by atoms with Gasteiger partial charge in [-0.3, -0.25) is 4.79 Å². The van der Waals surface area contributed by atoms with E-state index in [1.807, 2.05) is 0 Å². The third-order valence-corrected chi connectivity index (χ3v) is 5.08. The quantitative estimate of drug-likeness (QED) is 0.261. The molecule has 1 fully saturated rings. The first-order valence-corrected chi connectivity index (χ1v) is 8.21. The summed E-state index contributed by atoms with van der Waals surface area (Å²) in [6, 6.07) is 0.496. The average molecular weight is 531 g/mol. The number of carbonyl (C=O) groups is 1. The highest BCUT2D eigenvalue weighted by Gasteiger charge is 3.06. The van der Waals surface area contributed by atoms with Crippen molar-refractivity contribution < 1.29 is 71.4 Å². The summed E-state index contributed by atoms with van der Waals surface area (Å²) in [4.78, 5) is 11.9. The lowest BCUT2D eigenvalue weighted by Crippen LogP contribution is -2.64. The number of aliphatic hydroxyl groups excluding tert-OH is 1. The van der Waals surface area contributed by atoms with Crippen LogP contribution in [0.25, 0.3) is 5.76 Å². The summed E-state index contributed by atoms with van der Waals surface area (Å²) in [5.74, 6) is -35.8. The van der Waals surface area contributed by atoms with Gasteiger partial charge in [-0.1, -0.05) is 11.6 Å². The Bertz CT molecular complexity index is 979. The van der Waals surface area contributed by atoms with Gasteiger partial charge in [0.1, 0.15) is 5.76 Å². The molecule has 0 radical (unpaired) electrons. The van der Waals surface area contributed by atoms with Crippen molar-refractivity contribution in [1.82, 2.24) is 0 Å². The average Bonchev–Trinajstić information content (AvgIpc) is 2.64. The molecule has 1 saturated carbocycles. The molecule has 0 unspecified atom stereocenters. The van der Waals surface area contributed by atoms with Gasteiger partial charge >= 0.3 is 36.0 Å². The fourth-order valence-corrected chi connectivity index (χ4v) is 3.31. The topological polar surface area (TPSA) is 37.3 Å². The van der Waals surface area contributed by atoms with Gasteiger partial charge in [0.15, 0.2) is 5.78 Å². The third kappa shape index (κ3) is 3.19. The molecular formula is C16H5ClF14O2. The van der Waals surface area contributed by atoms with Crippen LogP contribution < -0.4 is 0 Å². The highest BCUT2D eigenvalue weighted by atomic mass is 35.5. The predicted molar refractivity (Wildman–Crippen MR) is 80.3 cm³/mol. The summed E-state index contributed by atoms with van der Waals surface area (Å²) < 4.78 is 188. The number of rotatable bonds is 3. The summed E-state index contributed by atoms with van der Waals surface area (Å²) in [6.45, 7) is 0. The Hall–Kier alpha value is -2.26. The van der Waals surface area contributed by atoms with Gasteiger partial charge in [0, 0.05) is 11.6 Å². The zero-order valence-corrected chi connectivity index (χ0v) is 15.6. The van der Waals surface area contributed by atoms with Crippen molar-refractivity contribution in [3.63, 3.8) is 0 Å². The van der Waals surface area contributed by atoms with Gasteiger partial charge in [-0.15, -0.1) is 0 Å². The number of carbonyl (C=O) groups excluding carboxylic acids is 1. The molecular weight excluding hydrogens is 526 g/mol. The van der Waals surface area contributed by atoms with Crippen LogP contribution in [-0.4, -0.2) is 40.8 Å². The normalized spacial score (nSPS) is 23.4. The first kappa shape index (κ1) is 27.0. The number of ketones is 1. The van der Waals surface area contributed by atoms with E-state index in [0.29, 0.717) is 12.1 Å². The second kappa shape index (κ2) is 7.12. The van der Waals surface area contributed by atoms with Gasteiger partial charge in [-0.2, -0.15) is 61.5 Å². The van der Waals surface area contributed by atoms with Gasteiger partial charge in [-0.25, -0.2) is 0 Å². The lowest BCUT2D eigenvalue weighted by molar-refractivity contribution is -0.341. The molecule has 1 aliphatic rings. The number of allylic oxidation sites excluding steroid dienone is 1. The van der Waals surface area contributed by atoms with Crippen molar-refractivity contribution in [2.45, 2.75) is 36.0 Å². The van der Waals surface area contributed by atoms with Crippen molar-refractivity contribution in [2.75, 3.05) is 0 Å². The van der Waals surface area contributed by atoms with Crippen molar-refractivity contribution in [3.8, 4) is 0 Å². The maximum atomic E-state index is 14.0. The monoisotopic (exact) mass is 530 g/mol. The van der Waals surface area contributed by atoms with Crippen LogP contribution in [0, 0.1) is 5.41 Å². The van der Waals surface area contributed by atoms with Gasteiger partial charge in [0.25, 0.3) is 5.41 Å². The van der Waals surface area contributed by atoms with Crippen LogP contribution in [0.5, 0.6) is 0 Å².